The molecule has 3 nitrogen and oxygen atoms in total. The Balaban J connectivity index is 2.50. The molecule has 0 aromatic carbocycles. The van der Waals surface area contributed by atoms with Crippen LogP contribution in [0.1, 0.15) is 20.3 Å². The van der Waals surface area contributed by atoms with Crippen molar-refractivity contribution < 1.29 is 4.74 Å². The molecule has 1 fully saturated rings. The number of rotatable bonds is 4. The van der Waals surface area contributed by atoms with Crippen LogP contribution >= 0.6 is 0 Å². The van der Waals surface area contributed by atoms with Gasteiger partial charge < -0.3 is 15.0 Å². The predicted molar refractivity (Wildman–Crippen MR) is 59.5 cm³/mol. The van der Waals surface area contributed by atoms with E-state index >= 15 is 0 Å². The second-order valence-corrected chi connectivity index (χ2v) is 4.37. The van der Waals surface area contributed by atoms with E-state index in [1.54, 1.807) is 0 Å². The third kappa shape index (κ3) is 2.94. The van der Waals surface area contributed by atoms with Gasteiger partial charge in [-0.05, 0) is 20.0 Å². The second-order valence-electron chi connectivity index (χ2n) is 4.37. The van der Waals surface area contributed by atoms with Gasteiger partial charge in [-0.15, -0.1) is 0 Å². The number of likely N-dealkylation sites (N-methyl/N-ethyl adjacent to an activating group) is 2. The quantitative estimate of drug-likeness (QED) is 0.731. The fraction of sp³-hybridized carbons (Fsp3) is 1.00. The molecule has 3 atom stereocenters. The van der Waals surface area contributed by atoms with Crippen LogP contribution in [-0.2, 0) is 4.74 Å². The predicted octanol–water partition coefficient (Wildman–Crippen LogP) is 0.951. The molecule has 3 heteroatoms. The summed E-state index contributed by atoms with van der Waals surface area (Å²) in [7, 11) is 4.20. The third-order valence-corrected chi connectivity index (χ3v) is 3.29. The lowest BCUT2D eigenvalue weighted by atomic mass is 9.93. The van der Waals surface area contributed by atoms with Crippen molar-refractivity contribution in [2.75, 3.05) is 33.8 Å². The Labute approximate surface area is 87.8 Å². The molecule has 0 bridgehead atoms. The van der Waals surface area contributed by atoms with Crippen molar-refractivity contribution in [2.24, 2.45) is 5.92 Å². The summed E-state index contributed by atoms with van der Waals surface area (Å²) in [5.41, 5.74) is 0. The van der Waals surface area contributed by atoms with Crippen LogP contribution in [0.25, 0.3) is 0 Å². The Hall–Kier alpha value is -0.120. The minimum Gasteiger partial charge on any atom is -0.374 e. The number of morpholine rings is 1. The lowest BCUT2D eigenvalue weighted by Gasteiger charge is -2.37. The Kier molecular flexibility index (Phi) is 4.85. The summed E-state index contributed by atoms with van der Waals surface area (Å²) in [5, 5.41) is 3.39. The van der Waals surface area contributed by atoms with Crippen molar-refractivity contribution in [1.29, 1.82) is 0 Å². The fourth-order valence-corrected chi connectivity index (χ4v) is 2.12. The molecule has 0 aromatic heterocycles. The molecule has 0 radical (unpaired) electrons. The van der Waals surface area contributed by atoms with E-state index in [2.05, 4.69) is 31.1 Å². The number of nitrogens with one attached hydrogen (secondary N) is 1. The topological polar surface area (TPSA) is 24.5 Å². The van der Waals surface area contributed by atoms with Crippen LogP contribution in [0.4, 0.5) is 0 Å². The van der Waals surface area contributed by atoms with Gasteiger partial charge in [0.15, 0.2) is 0 Å². The molecule has 1 aliphatic rings. The van der Waals surface area contributed by atoms with Gasteiger partial charge in [0.1, 0.15) is 0 Å². The van der Waals surface area contributed by atoms with Crippen LogP contribution < -0.4 is 5.32 Å². The van der Waals surface area contributed by atoms with E-state index < -0.39 is 0 Å². The highest BCUT2D eigenvalue weighted by Crippen LogP contribution is 2.16. The highest BCUT2D eigenvalue weighted by molar-refractivity contribution is 4.84. The molecule has 1 N–H and O–H groups in total. The number of hydrogen-bond donors (Lipinski definition) is 1. The molecule has 1 rings (SSSR count). The van der Waals surface area contributed by atoms with Gasteiger partial charge in [0.25, 0.3) is 0 Å². The molecule has 0 spiro atoms. The SMILES string of the molecule is CCC(C)C(NC)C1CN(C)CCO1. The van der Waals surface area contributed by atoms with E-state index in [-0.39, 0.29) is 0 Å². The van der Waals surface area contributed by atoms with Crippen LogP contribution in [0.15, 0.2) is 0 Å². The van der Waals surface area contributed by atoms with Gasteiger partial charge in [0.05, 0.1) is 12.7 Å². The van der Waals surface area contributed by atoms with Crippen molar-refractivity contribution >= 4 is 0 Å². The first kappa shape index (κ1) is 12.0. The monoisotopic (exact) mass is 200 g/mol. The molecule has 1 aliphatic heterocycles. The van der Waals surface area contributed by atoms with E-state index in [4.69, 9.17) is 4.74 Å². The number of hydrogen-bond acceptors (Lipinski definition) is 3. The maximum absolute atomic E-state index is 5.82. The minimum atomic E-state index is 0.355. The summed E-state index contributed by atoms with van der Waals surface area (Å²) in [5.74, 6) is 0.677. The Morgan fingerprint density at radius 2 is 2.29 bits per heavy atom. The molecule has 0 saturated carbocycles. The van der Waals surface area contributed by atoms with Crippen LogP contribution in [0.5, 0.6) is 0 Å². The maximum Gasteiger partial charge on any atom is 0.0857 e. The summed E-state index contributed by atoms with van der Waals surface area (Å²) in [4.78, 5) is 2.35. The fourth-order valence-electron chi connectivity index (χ4n) is 2.12. The van der Waals surface area contributed by atoms with Gasteiger partial charge in [0.2, 0.25) is 0 Å². The van der Waals surface area contributed by atoms with Gasteiger partial charge in [-0.2, -0.15) is 0 Å². The normalized spacial score (nSPS) is 28.7. The first-order valence-corrected chi connectivity index (χ1v) is 5.66. The third-order valence-electron chi connectivity index (χ3n) is 3.29. The summed E-state index contributed by atoms with van der Waals surface area (Å²) in [6.45, 7) is 7.51. The lowest BCUT2D eigenvalue weighted by Crippen LogP contribution is -2.52. The standard InChI is InChI=1S/C11H24N2O/c1-5-9(2)11(12-3)10-8-13(4)6-7-14-10/h9-12H,5-8H2,1-4H3. The molecule has 0 aromatic rings. The van der Waals surface area contributed by atoms with Crippen molar-refractivity contribution in [3.63, 3.8) is 0 Å². The molecular weight excluding hydrogens is 176 g/mol. The zero-order valence-electron chi connectivity index (χ0n) is 9.92. The molecule has 84 valence electrons. The average Bonchev–Trinajstić information content (AvgIpc) is 2.19. The molecule has 3 unspecified atom stereocenters. The maximum atomic E-state index is 5.82. The average molecular weight is 200 g/mol. The van der Waals surface area contributed by atoms with Crippen molar-refractivity contribution in [1.82, 2.24) is 10.2 Å². The van der Waals surface area contributed by atoms with Gasteiger partial charge in [-0.3, -0.25) is 0 Å². The molecule has 1 heterocycles. The Morgan fingerprint density at radius 1 is 1.57 bits per heavy atom. The largest absolute Gasteiger partial charge is 0.374 e. The molecule has 1 saturated heterocycles. The summed E-state index contributed by atoms with van der Waals surface area (Å²) >= 11 is 0. The molecular formula is C11H24N2O. The van der Waals surface area contributed by atoms with E-state index in [0.717, 1.165) is 19.7 Å². The summed E-state index contributed by atoms with van der Waals surface area (Å²) in [6, 6.07) is 0.489. The first-order valence-electron chi connectivity index (χ1n) is 5.66. The van der Waals surface area contributed by atoms with Gasteiger partial charge in [-0.25, -0.2) is 0 Å². The first-order chi connectivity index (χ1) is 6.69. The Morgan fingerprint density at radius 3 is 2.79 bits per heavy atom. The van der Waals surface area contributed by atoms with E-state index in [1.807, 2.05) is 7.05 Å². The molecule has 14 heavy (non-hydrogen) atoms. The van der Waals surface area contributed by atoms with Crippen LogP contribution in [0, 0.1) is 5.92 Å². The second kappa shape index (κ2) is 5.69. The van der Waals surface area contributed by atoms with Crippen LogP contribution in [0.3, 0.4) is 0 Å². The zero-order valence-corrected chi connectivity index (χ0v) is 9.92. The highest BCUT2D eigenvalue weighted by Gasteiger charge is 2.28. The molecule has 0 aliphatic carbocycles. The van der Waals surface area contributed by atoms with E-state index in [0.29, 0.717) is 18.1 Å². The van der Waals surface area contributed by atoms with Crippen LogP contribution in [-0.4, -0.2) is 50.8 Å². The van der Waals surface area contributed by atoms with Crippen molar-refractivity contribution in [3.05, 3.63) is 0 Å². The van der Waals surface area contributed by atoms with Gasteiger partial charge in [-0.1, -0.05) is 20.3 Å². The minimum absolute atomic E-state index is 0.355. The smallest absolute Gasteiger partial charge is 0.0857 e. The lowest BCUT2D eigenvalue weighted by molar-refractivity contribution is -0.0468. The number of nitrogens with zero attached hydrogens (tertiary/aromatic N) is 1. The van der Waals surface area contributed by atoms with Crippen molar-refractivity contribution in [3.8, 4) is 0 Å². The van der Waals surface area contributed by atoms with Crippen LogP contribution in [0.2, 0.25) is 0 Å². The molecule has 0 amide bonds. The van der Waals surface area contributed by atoms with E-state index in [9.17, 15) is 0 Å². The Bertz CT molecular complexity index is 163. The summed E-state index contributed by atoms with van der Waals surface area (Å²) < 4.78 is 5.82. The highest BCUT2D eigenvalue weighted by atomic mass is 16.5. The van der Waals surface area contributed by atoms with Gasteiger partial charge >= 0.3 is 0 Å². The number of ether oxygens (including phenoxy) is 1. The summed E-state index contributed by atoms with van der Waals surface area (Å²) in [6.07, 6.45) is 1.56. The van der Waals surface area contributed by atoms with Gasteiger partial charge in [0, 0.05) is 19.1 Å². The van der Waals surface area contributed by atoms with E-state index in [1.165, 1.54) is 6.42 Å². The van der Waals surface area contributed by atoms with Crippen molar-refractivity contribution in [2.45, 2.75) is 32.4 Å². The zero-order chi connectivity index (χ0) is 10.6.